The van der Waals surface area contributed by atoms with Gasteiger partial charge in [0, 0.05) is 20.2 Å². The number of amides is 1. The maximum absolute atomic E-state index is 12.2. The second-order valence-electron chi connectivity index (χ2n) is 4.58. The molecule has 2 aromatic heterocycles. The molecule has 0 saturated carbocycles. The van der Waals surface area contributed by atoms with Gasteiger partial charge in [-0.1, -0.05) is 0 Å². The maximum atomic E-state index is 12.2. The highest BCUT2D eigenvalue weighted by molar-refractivity contribution is 5.79. The summed E-state index contributed by atoms with van der Waals surface area (Å²) >= 11 is 0. The summed E-state index contributed by atoms with van der Waals surface area (Å²) in [6.07, 6.45) is 3.57. The van der Waals surface area contributed by atoms with E-state index in [1.54, 1.807) is 29.7 Å². The monoisotopic (exact) mass is 263 g/mol. The second kappa shape index (κ2) is 5.21. The largest absolute Gasteiger partial charge is 0.424 e. The number of rotatable bonds is 4. The van der Waals surface area contributed by atoms with Gasteiger partial charge < -0.3 is 9.32 Å². The predicted molar refractivity (Wildman–Crippen MR) is 67.2 cm³/mol. The molecule has 0 aromatic carbocycles. The molecule has 0 fully saturated rings. The number of aryl methyl sites for hydroxylation is 2. The first-order valence-corrected chi connectivity index (χ1v) is 6.02. The van der Waals surface area contributed by atoms with Crippen molar-refractivity contribution in [2.24, 2.45) is 0 Å². The number of likely N-dealkylation sites (N-methyl/N-ethyl adjacent to an activating group) is 1. The highest BCUT2D eigenvalue weighted by atomic mass is 16.4. The van der Waals surface area contributed by atoms with Crippen LogP contribution in [0.5, 0.6) is 0 Å². The van der Waals surface area contributed by atoms with Crippen LogP contribution in [0.4, 0.5) is 0 Å². The van der Waals surface area contributed by atoms with Crippen LogP contribution >= 0.6 is 0 Å². The Bertz CT molecular complexity index is 574. The van der Waals surface area contributed by atoms with Crippen molar-refractivity contribution in [2.45, 2.75) is 33.4 Å². The van der Waals surface area contributed by atoms with Crippen LogP contribution < -0.4 is 0 Å². The van der Waals surface area contributed by atoms with Crippen molar-refractivity contribution in [1.29, 1.82) is 0 Å². The predicted octanol–water partition coefficient (Wildman–Crippen LogP) is 1.10. The van der Waals surface area contributed by atoms with E-state index >= 15 is 0 Å². The van der Waals surface area contributed by atoms with E-state index in [-0.39, 0.29) is 11.9 Å². The Labute approximate surface area is 111 Å². The summed E-state index contributed by atoms with van der Waals surface area (Å²) in [5, 5.41) is 11.8. The van der Waals surface area contributed by atoms with Gasteiger partial charge >= 0.3 is 0 Å². The van der Waals surface area contributed by atoms with Gasteiger partial charge in [-0.3, -0.25) is 9.48 Å². The summed E-state index contributed by atoms with van der Waals surface area (Å²) in [6, 6.07) is -0.359. The topological polar surface area (TPSA) is 77.1 Å². The second-order valence-corrected chi connectivity index (χ2v) is 4.58. The Balaban J connectivity index is 2.02. The van der Waals surface area contributed by atoms with Crippen LogP contribution in [0.3, 0.4) is 0 Å². The maximum Gasteiger partial charge on any atom is 0.247 e. The van der Waals surface area contributed by atoms with E-state index in [2.05, 4.69) is 15.3 Å². The molecule has 0 aliphatic heterocycles. The Morgan fingerprint density at radius 3 is 2.74 bits per heavy atom. The van der Waals surface area contributed by atoms with Crippen LogP contribution in [0.15, 0.2) is 16.8 Å². The fourth-order valence-electron chi connectivity index (χ4n) is 1.76. The molecular formula is C12H17N5O2. The van der Waals surface area contributed by atoms with Crippen LogP contribution in [-0.2, 0) is 11.3 Å². The van der Waals surface area contributed by atoms with Crippen molar-refractivity contribution in [3.05, 3.63) is 29.7 Å². The van der Waals surface area contributed by atoms with Gasteiger partial charge in [0.1, 0.15) is 6.04 Å². The molecule has 0 unspecified atom stereocenters. The van der Waals surface area contributed by atoms with Gasteiger partial charge in [-0.2, -0.15) is 5.10 Å². The molecular weight excluding hydrogens is 246 g/mol. The van der Waals surface area contributed by atoms with E-state index in [1.807, 2.05) is 20.0 Å². The van der Waals surface area contributed by atoms with Crippen molar-refractivity contribution >= 4 is 5.91 Å². The molecule has 1 atom stereocenters. The lowest BCUT2D eigenvalue weighted by molar-refractivity contribution is -0.134. The summed E-state index contributed by atoms with van der Waals surface area (Å²) in [5.74, 6) is 0.864. The number of hydrogen-bond donors (Lipinski definition) is 0. The van der Waals surface area contributed by atoms with Crippen LogP contribution in [0.2, 0.25) is 0 Å². The minimum atomic E-state index is -0.359. The van der Waals surface area contributed by atoms with Crippen molar-refractivity contribution in [3.63, 3.8) is 0 Å². The smallest absolute Gasteiger partial charge is 0.247 e. The van der Waals surface area contributed by atoms with Gasteiger partial charge in [0.15, 0.2) is 0 Å². The van der Waals surface area contributed by atoms with E-state index in [0.29, 0.717) is 18.3 Å². The number of carbonyl (C=O) groups excluding carboxylic acids is 1. The van der Waals surface area contributed by atoms with E-state index in [1.165, 1.54) is 0 Å². The lowest BCUT2D eigenvalue weighted by Gasteiger charge is -2.20. The number of nitrogens with zero attached hydrogens (tertiary/aromatic N) is 5. The summed E-state index contributed by atoms with van der Waals surface area (Å²) in [6.45, 7) is 5.76. The van der Waals surface area contributed by atoms with Gasteiger partial charge in [-0.15, -0.1) is 10.2 Å². The van der Waals surface area contributed by atoms with Gasteiger partial charge in [-0.25, -0.2) is 0 Å². The Morgan fingerprint density at radius 2 is 2.21 bits per heavy atom. The molecule has 1 amide bonds. The molecule has 7 nitrogen and oxygen atoms in total. The van der Waals surface area contributed by atoms with Crippen LogP contribution in [0.25, 0.3) is 0 Å². The third kappa shape index (κ3) is 2.98. The third-order valence-corrected chi connectivity index (χ3v) is 2.80. The van der Waals surface area contributed by atoms with Crippen LogP contribution in [0.1, 0.15) is 30.3 Å². The fourth-order valence-corrected chi connectivity index (χ4v) is 1.76. The van der Waals surface area contributed by atoms with Crippen LogP contribution in [-0.4, -0.2) is 37.8 Å². The lowest BCUT2D eigenvalue weighted by atomic mass is 10.3. The highest BCUT2D eigenvalue weighted by Gasteiger charge is 2.21. The van der Waals surface area contributed by atoms with Crippen molar-refractivity contribution in [1.82, 2.24) is 24.9 Å². The Hall–Kier alpha value is -2.18. The van der Waals surface area contributed by atoms with Gasteiger partial charge in [0.2, 0.25) is 17.7 Å². The SMILES string of the molecule is Cc1cnn([C@@H](C)C(=O)N(C)Cc2nnc(C)o2)c1. The average molecular weight is 263 g/mol. The zero-order valence-corrected chi connectivity index (χ0v) is 11.5. The number of hydrogen-bond acceptors (Lipinski definition) is 5. The molecule has 2 aromatic rings. The Kier molecular flexibility index (Phi) is 3.64. The quantitative estimate of drug-likeness (QED) is 0.825. The lowest BCUT2D eigenvalue weighted by Crippen LogP contribution is -2.33. The molecule has 0 saturated heterocycles. The molecule has 7 heteroatoms. The number of carbonyl (C=O) groups is 1. The van der Waals surface area contributed by atoms with E-state index in [0.717, 1.165) is 5.56 Å². The van der Waals surface area contributed by atoms with E-state index < -0.39 is 0 Å². The normalized spacial score (nSPS) is 12.4. The highest BCUT2D eigenvalue weighted by Crippen LogP contribution is 2.11. The minimum absolute atomic E-state index is 0.0565. The van der Waals surface area contributed by atoms with Gasteiger partial charge in [-0.05, 0) is 19.4 Å². The molecule has 0 spiro atoms. The number of aromatic nitrogens is 4. The molecule has 2 rings (SSSR count). The van der Waals surface area contributed by atoms with Gasteiger partial charge in [0.25, 0.3) is 0 Å². The zero-order valence-electron chi connectivity index (χ0n) is 11.5. The molecule has 0 N–H and O–H groups in total. The molecule has 2 heterocycles. The first-order valence-electron chi connectivity index (χ1n) is 6.02. The molecule has 19 heavy (non-hydrogen) atoms. The molecule has 102 valence electrons. The fraction of sp³-hybridized carbons (Fsp3) is 0.500. The standard InChI is InChI=1S/C12H17N5O2/c1-8-5-13-17(6-8)9(2)12(18)16(4)7-11-15-14-10(3)19-11/h5-6,9H,7H2,1-4H3/t9-/m0/s1. The molecule has 0 aliphatic rings. The average Bonchev–Trinajstić information content (AvgIpc) is 2.96. The summed E-state index contributed by atoms with van der Waals surface area (Å²) in [4.78, 5) is 13.8. The summed E-state index contributed by atoms with van der Waals surface area (Å²) in [5.41, 5.74) is 1.02. The molecule has 0 aliphatic carbocycles. The summed E-state index contributed by atoms with van der Waals surface area (Å²) < 4.78 is 6.90. The minimum Gasteiger partial charge on any atom is -0.424 e. The molecule has 0 radical (unpaired) electrons. The molecule has 0 bridgehead atoms. The van der Waals surface area contributed by atoms with Crippen molar-refractivity contribution in [2.75, 3.05) is 7.05 Å². The van der Waals surface area contributed by atoms with Crippen LogP contribution in [0, 0.1) is 13.8 Å². The van der Waals surface area contributed by atoms with Gasteiger partial charge in [0.05, 0.1) is 12.7 Å². The summed E-state index contributed by atoms with van der Waals surface area (Å²) in [7, 11) is 1.70. The third-order valence-electron chi connectivity index (χ3n) is 2.80. The van der Waals surface area contributed by atoms with Crippen molar-refractivity contribution in [3.8, 4) is 0 Å². The van der Waals surface area contributed by atoms with E-state index in [4.69, 9.17) is 4.42 Å². The van der Waals surface area contributed by atoms with E-state index in [9.17, 15) is 4.79 Å². The zero-order chi connectivity index (χ0) is 14.0. The van der Waals surface area contributed by atoms with Crippen molar-refractivity contribution < 1.29 is 9.21 Å². The Morgan fingerprint density at radius 1 is 1.47 bits per heavy atom. The first kappa shape index (κ1) is 13.3. The first-order chi connectivity index (χ1) is 8.97.